The van der Waals surface area contributed by atoms with Crippen molar-refractivity contribution in [2.45, 2.75) is 51.9 Å². The van der Waals surface area contributed by atoms with Crippen LogP contribution in [0.3, 0.4) is 0 Å². The van der Waals surface area contributed by atoms with Crippen LogP contribution in [-0.4, -0.2) is 11.7 Å². The minimum Gasteiger partial charge on any atom is -0.350 e. The van der Waals surface area contributed by atoms with E-state index in [-0.39, 0.29) is 0 Å². The summed E-state index contributed by atoms with van der Waals surface area (Å²) in [6.45, 7) is 1.93. The second-order valence-electron chi connectivity index (χ2n) is 4.37. The Labute approximate surface area is 91.3 Å². The van der Waals surface area contributed by atoms with E-state index >= 15 is 0 Å². The Kier molecular flexibility index (Phi) is 5.15. The average Bonchev–Trinajstić information content (AvgIpc) is 2.25. The Hall–Kier alpha value is -1.06. The summed E-state index contributed by atoms with van der Waals surface area (Å²) < 4.78 is 0. The molecule has 4 nitrogen and oxygen atoms in total. The topological polar surface area (TPSA) is 67.5 Å². The summed E-state index contributed by atoms with van der Waals surface area (Å²) in [4.78, 5) is 10.4. The zero-order valence-corrected chi connectivity index (χ0v) is 9.46. The van der Waals surface area contributed by atoms with E-state index in [1.54, 1.807) is 0 Å². The number of urea groups is 1. The molecule has 0 radical (unpaired) electrons. The summed E-state index contributed by atoms with van der Waals surface area (Å²) in [5.41, 5.74) is 8.14. The van der Waals surface area contributed by atoms with E-state index in [9.17, 15) is 4.79 Å². The lowest BCUT2D eigenvalue weighted by atomic mass is 9.86. The lowest BCUT2D eigenvalue weighted by molar-refractivity contribution is 0.249. The van der Waals surface area contributed by atoms with Crippen LogP contribution in [0.5, 0.6) is 0 Å². The van der Waals surface area contributed by atoms with Gasteiger partial charge in [-0.15, -0.1) is 0 Å². The summed E-state index contributed by atoms with van der Waals surface area (Å²) in [6, 6.07) is -0.591. The Morgan fingerprint density at radius 2 is 2.07 bits per heavy atom. The maximum absolute atomic E-state index is 10.4. The SMILES string of the molecule is CC(CCC1CCCCC1)=NNC(N)=O. The van der Waals surface area contributed by atoms with Gasteiger partial charge in [0.05, 0.1) is 0 Å². The van der Waals surface area contributed by atoms with Crippen molar-refractivity contribution in [3.63, 3.8) is 0 Å². The van der Waals surface area contributed by atoms with Crippen LogP contribution < -0.4 is 11.2 Å². The van der Waals surface area contributed by atoms with Crippen LogP contribution in [0.15, 0.2) is 5.10 Å². The Balaban J connectivity index is 2.17. The molecule has 0 saturated heterocycles. The largest absolute Gasteiger partial charge is 0.350 e. The van der Waals surface area contributed by atoms with E-state index in [0.717, 1.165) is 18.1 Å². The molecule has 0 aromatic rings. The van der Waals surface area contributed by atoms with Gasteiger partial charge in [-0.05, 0) is 25.7 Å². The van der Waals surface area contributed by atoms with Gasteiger partial charge in [-0.1, -0.05) is 32.1 Å². The number of nitrogens with zero attached hydrogens (tertiary/aromatic N) is 1. The van der Waals surface area contributed by atoms with Crippen LogP contribution in [0, 0.1) is 5.92 Å². The first-order valence-electron chi connectivity index (χ1n) is 5.77. The minimum atomic E-state index is -0.591. The molecule has 1 aliphatic carbocycles. The molecule has 1 rings (SSSR count). The quantitative estimate of drug-likeness (QED) is 0.544. The highest BCUT2D eigenvalue weighted by Gasteiger charge is 2.13. The van der Waals surface area contributed by atoms with Crippen molar-refractivity contribution < 1.29 is 4.79 Å². The fourth-order valence-electron chi connectivity index (χ4n) is 2.10. The van der Waals surface area contributed by atoms with Crippen molar-refractivity contribution in [1.29, 1.82) is 0 Å². The molecule has 1 fully saturated rings. The zero-order valence-electron chi connectivity index (χ0n) is 9.46. The molecule has 86 valence electrons. The van der Waals surface area contributed by atoms with E-state index in [4.69, 9.17) is 5.73 Å². The highest BCUT2D eigenvalue weighted by molar-refractivity contribution is 5.83. The summed E-state index contributed by atoms with van der Waals surface area (Å²) >= 11 is 0. The van der Waals surface area contributed by atoms with Gasteiger partial charge in [-0.25, -0.2) is 10.2 Å². The lowest BCUT2D eigenvalue weighted by Crippen LogP contribution is -2.25. The molecule has 1 saturated carbocycles. The monoisotopic (exact) mass is 211 g/mol. The third-order valence-electron chi connectivity index (χ3n) is 3.00. The van der Waals surface area contributed by atoms with Crippen molar-refractivity contribution in [1.82, 2.24) is 5.43 Å². The fourth-order valence-corrected chi connectivity index (χ4v) is 2.10. The first-order valence-corrected chi connectivity index (χ1v) is 5.77. The van der Waals surface area contributed by atoms with Gasteiger partial charge in [-0.3, -0.25) is 0 Å². The molecule has 0 aliphatic heterocycles. The molecule has 1 aliphatic rings. The number of primary amides is 1. The van der Waals surface area contributed by atoms with E-state index in [0.29, 0.717) is 0 Å². The van der Waals surface area contributed by atoms with Gasteiger partial charge < -0.3 is 5.73 Å². The molecule has 3 N–H and O–H groups in total. The van der Waals surface area contributed by atoms with Crippen LogP contribution in [0.4, 0.5) is 4.79 Å². The molecule has 4 heteroatoms. The summed E-state index contributed by atoms with van der Waals surface area (Å²) in [7, 11) is 0. The van der Waals surface area contributed by atoms with E-state index in [1.807, 2.05) is 6.92 Å². The van der Waals surface area contributed by atoms with Crippen LogP contribution in [-0.2, 0) is 0 Å². The van der Waals surface area contributed by atoms with Crippen LogP contribution in [0.1, 0.15) is 51.9 Å². The van der Waals surface area contributed by atoms with Crippen LogP contribution >= 0.6 is 0 Å². The molecule has 0 unspecified atom stereocenters. The number of rotatable bonds is 4. The molecule has 0 heterocycles. The molecule has 0 atom stereocenters. The van der Waals surface area contributed by atoms with E-state index < -0.39 is 6.03 Å². The zero-order chi connectivity index (χ0) is 11.1. The smallest absolute Gasteiger partial charge is 0.332 e. The third-order valence-corrected chi connectivity index (χ3v) is 3.00. The van der Waals surface area contributed by atoms with Gasteiger partial charge >= 0.3 is 6.03 Å². The Morgan fingerprint density at radius 3 is 2.67 bits per heavy atom. The van der Waals surface area contributed by atoms with Gasteiger partial charge in [0.2, 0.25) is 0 Å². The number of hydrazone groups is 1. The standard InChI is InChI=1S/C11H21N3O/c1-9(13-14-11(12)15)7-8-10-5-3-2-4-6-10/h10H,2-8H2,1H3,(H3,12,14,15). The summed E-state index contributed by atoms with van der Waals surface area (Å²) in [6.07, 6.45) is 9.02. The number of carbonyl (C=O) groups is 1. The highest BCUT2D eigenvalue weighted by Crippen LogP contribution is 2.27. The van der Waals surface area contributed by atoms with Crippen LogP contribution in [0.2, 0.25) is 0 Å². The second-order valence-corrected chi connectivity index (χ2v) is 4.37. The van der Waals surface area contributed by atoms with Gasteiger partial charge in [0.15, 0.2) is 0 Å². The van der Waals surface area contributed by atoms with Gasteiger partial charge in [-0.2, -0.15) is 5.10 Å². The number of nitrogens with one attached hydrogen (secondary N) is 1. The molecule has 0 aromatic heterocycles. The number of carbonyl (C=O) groups excluding carboxylic acids is 1. The minimum absolute atomic E-state index is 0.591. The molecule has 2 amide bonds. The van der Waals surface area contributed by atoms with Gasteiger partial charge in [0.25, 0.3) is 0 Å². The second kappa shape index (κ2) is 6.43. The first-order chi connectivity index (χ1) is 7.18. The van der Waals surface area contributed by atoms with Crippen molar-refractivity contribution >= 4 is 11.7 Å². The molecule has 15 heavy (non-hydrogen) atoms. The molecule has 0 spiro atoms. The maximum Gasteiger partial charge on any atom is 0.332 e. The fraction of sp³-hybridized carbons (Fsp3) is 0.818. The molecule has 0 aromatic carbocycles. The van der Waals surface area contributed by atoms with E-state index in [1.165, 1.54) is 38.5 Å². The van der Waals surface area contributed by atoms with Crippen molar-refractivity contribution in [3.05, 3.63) is 0 Å². The van der Waals surface area contributed by atoms with Gasteiger partial charge in [0, 0.05) is 5.71 Å². The molecule has 0 bridgehead atoms. The molecular weight excluding hydrogens is 190 g/mol. The lowest BCUT2D eigenvalue weighted by Gasteiger charge is -2.21. The maximum atomic E-state index is 10.4. The first kappa shape index (κ1) is 12.0. The van der Waals surface area contributed by atoms with Crippen molar-refractivity contribution in [2.24, 2.45) is 16.8 Å². The normalized spacial score (nSPS) is 18.9. The number of amides is 2. The average molecular weight is 211 g/mol. The third kappa shape index (κ3) is 5.40. The van der Waals surface area contributed by atoms with E-state index in [2.05, 4.69) is 10.5 Å². The summed E-state index contributed by atoms with van der Waals surface area (Å²) in [5.74, 6) is 0.859. The number of hydrogen-bond donors (Lipinski definition) is 2. The number of nitrogens with two attached hydrogens (primary N) is 1. The molecular formula is C11H21N3O. The predicted molar refractivity (Wildman–Crippen MR) is 61.6 cm³/mol. The van der Waals surface area contributed by atoms with Gasteiger partial charge in [0.1, 0.15) is 0 Å². The highest BCUT2D eigenvalue weighted by atomic mass is 16.2. The van der Waals surface area contributed by atoms with Crippen LogP contribution in [0.25, 0.3) is 0 Å². The predicted octanol–water partition coefficient (Wildman–Crippen LogP) is 2.39. The summed E-state index contributed by atoms with van der Waals surface area (Å²) in [5, 5.41) is 3.90. The Morgan fingerprint density at radius 1 is 1.40 bits per heavy atom. The van der Waals surface area contributed by atoms with Crippen molar-refractivity contribution in [2.75, 3.05) is 0 Å². The van der Waals surface area contributed by atoms with Crippen molar-refractivity contribution in [3.8, 4) is 0 Å². The number of hydrogen-bond acceptors (Lipinski definition) is 2. The Bertz CT molecular complexity index is 232.